The third-order valence-corrected chi connectivity index (χ3v) is 1.69. The Labute approximate surface area is 104 Å². The number of hydrogen-bond acceptors (Lipinski definition) is 5. The summed E-state index contributed by atoms with van der Waals surface area (Å²) in [6, 6.07) is 0. The van der Waals surface area contributed by atoms with Gasteiger partial charge in [0.25, 0.3) is 0 Å². The predicted octanol–water partition coefficient (Wildman–Crippen LogP) is 0.928. The molecule has 0 saturated heterocycles. The van der Waals surface area contributed by atoms with Crippen LogP contribution in [0.15, 0.2) is 18.6 Å². The van der Waals surface area contributed by atoms with Gasteiger partial charge in [-0.3, -0.25) is 9.78 Å². The zero-order valence-electron chi connectivity index (χ0n) is 8.27. The van der Waals surface area contributed by atoms with Crippen LogP contribution in [0.5, 0.6) is 0 Å². The molecular formula is C8H9Cl2N5O. The molecule has 0 aliphatic heterocycles. The van der Waals surface area contributed by atoms with Crippen LogP contribution < -0.4 is 0 Å². The van der Waals surface area contributed by atoms with Crippen LogP contribution in [0.25, 0.3) is 11.5 Å². The summed E-state index contributed by atoms with van der Waals surface area (Å²) in [5.41, 5.74) is 0.552. The van der Waals surface area contributed by atoms with Gasteiger partial charge in [-0.25, -0.2) is 14.6 Å². The van der Waals surface area contributed by atoms with Gasteiger partial charge in [0.1, 0.15) is 5.69 Å². The van der Waals surface area contributed by atoms with Gasteiger partial charge in [-0.05, 0) is 0 Å². The number of hydrogen-bond donors (Lipinski definition) is 0. The average molecular weight is 262 g/mol. The summed E-state index contributed by atoms with van der Waals surface area (Å²) in [6.07, 6.45) is 5.30. The topological polar surface area (TPSA) is 73.6 Å². The first-order valence-electron chi connectivity index (χ1n) is 3.94. The molecule has 0 bridgehead atoms. The quantitative estimate of drug-likeness (QED) is 0.752. The predicted molar refractivity (Wildman–Crippen MR) is 61.9 cm³/mol. The summed E-state index contributed by atoms with van der Waals surface area (Å²) in [5.74, 6) is 0.674. The molecule has 0 amide bonds. The molecule has 0 N–H and O–H groups in total. The molecule has 6 nitrogen and oxygen atoms in total. The van der Waals surface area contributed by atoms with E-state index < -0.39 is 0 Å². The van der Waals surface area contributed by atoms with Crippen LogP contribution in [0, 0.1) is 0 Å². The Morgan fingerprint density at radius 2 is 2.06 bits per heavy atom. The van der Waals surface area contributed by atoms with E-state index >= 15 is 0 Å². The molecule has 0 radical (unpaired) electrons. The summed E-state index contributed by atoms with van der Waals surface area (Å²) in [4.78, 5) is 22.4. The number of carbonyl (C=O) groups excluding carboxylic acids is 1. The van der Waals surface area contributed by atoms with Crippen molar-refractivity contribution in [3.63, 3.8) is 0 Å². The monoisotopic (exact) mass is 261 g/mol. The van der Waals surface area contributed by atoms with Crippen LogP contribution in [0.4, 0.5) is 0 Å². The molecular weight excluding hydrogens is 253 g/mol. The lowest BCUT2D eigenvalue weighted by atomic mass is 10.4. The number of carbonyl (C=O) groups is 1. The van der Waals surface area contributed by atoms with Crippen molar-refractivity contribution < 1.29 is 4.79 Å². The normalized spacial score (nSPS) is 8.81. The van der Waals surface area contributed by atoms with Gasteiger partial charge in [-0.15, -0.1) is 29.9 Å². The Bertz CT molecular complexity index is 459. The third kappa shape index (κ3) is 2.74. The fourth-order valence-corrected chi connectivity index (χ4v) is 1.02. The van der Waals surface area contributed by atoms with Crippen LogP contribution in [0.1, 0.15) is 10.6 Å². The van der Waals surface area contributed by atoms with Gasteiger partial charge in [0, 0.05) is 19.4 Å². The molecule has 0 unspecified atom stereocenters. The molecule has 2 rings (SSSR count). The molecule has 0 fully saturated rings. The van der Waals surface area contributed by atoms with Crippen LogP contribution >= 0.6 is 24.8 Å². The molecule has 0 spiro atoms. The van der Waals surface area contributed by atoms with E-state index in [4.69, 9.17) is 0 Å². The second-order valence-corrected chi connectivity index (χ2v) is 2.63. The highest BCUT2D eigenvalue weighted by Crippen LogP contribution is 2.08. The SMILES string of the molecule is Cl.Cl.Cn1nc(-c2cnccn2)nc1C=O. The molecule has 2 aromatic rings. The highest BCUT2D eigenvalue weighted by atomic mass is 35.5. The highest BCUT2D eigenvalue weighted by molar-refractivity contribution is 5.85. The lowest BCUT2D eigenvalue weighted by Crippen LogP contribution is -1.96. The van der Waals surface area contributed by atoms with E-state index in [-0.39, 0.29) is 30.6 Å². The van der Waals surface area contributed by atoms with E-state index in [1.807, 2.05) is 0 Å². The lowest BCUT2D eigenvalue weighted by Gasteiger charge is -1.89. The lowest BCUT2D eigenvalue weighted by molar-refractivity contribution is 0.111. The average Bonchev–Trinajstić information content (AvgIpc) is 2.61. The zero-order valence-corrected chi connectivity index (χ0v) is 9.90. The van der Waals surface area contributed by atoms with Crippen molar-refractivity contribution in [3.8, 4) is 11.5 Å². The van der Waals surface area contributed by atoms with Gasteiger partial charge < -0.3 is 0 Å². The first kappa shape index (κ1) is 14.5. The molecule has 0 atom stereocenters. The number of rotatable bonds is 2. The first-order chi connectivity index (χ1) is 6.81. The summed E-state index contributed by atoms with van der Waals surface area (Å²) >= 11 is 0. The Balaban J connectivity index is 0.00000112. The minimum absolute atomic E-state index is 0. The zero-order chi connectivity index (χ0) is 9.97. The van der Waals surface area contributed by atoms with E-state index in [2.05, 4.69) is 20.1 Å². The molecule has 0 aliphatic rings. The van der Waals surface area contributed by atoms with E-state index in [0.29, 0.717) is 17.8 Å². The second kappa shape index (κ2) is 6.14. The molecule has 0 saturated carbocycles. The van der Waals surface area contributed by atoms with Crippen molar-refractivity contribution in [2.75, 3.05) is 0 Å². The smallest absolute Gasteiger partial charge is 0.202 e. The van der Waals surface area contributed by atoms with E-state index in [9.17, 15) is 4.79 Å². The van der Waals surface area contributed by atoms with Gasteiger partial charge in [-0.1, -0.05) is 0 Å². The number of nitrogens with zero attached hydrogens (tertiary/aromatic N) is 5. The van der Waals surface area contributed by atoms with Crippen molar-refractivity contribution in [1.29, 1.82) is 0 Å². The summed E-state index contributed by atoms with van der Waals surface area (Å²) < 4.78 is 1.40. The van der Waals surface area contributed by atoms with Crippen LogP contribution in [0.2, 0.25) is 0 Å². The van der Waals surface area contributed by atoms with Gasteiger partial charge in [0.05, 0.1) is 6.20 Å². The Hall–Kier alpha value is -1.53. The standard InChI is InChI=1S/C8H7N5O.2ClH/c1-13-7(5-14)11-8(12-13)6-4-9-2-3-10-6;;/h2-5H,1H3;2*1H. The third-order valence-electron chi connectivity index (χ3n) is 1.69. The summed E-state index contributed by atoms with van der Waals surface area (Å²) in [5, 5.41) is 4.02. The maximum Gasteiger partial charge on any atom is 0.202 e. The van der Waals surface area contributed by atoms with Crippen molar-refractivity contribution in [1.82, 2.24) is 24.7 Å². The molecule has 2 heterocycles. The van der Waals surface area contributed by atoms with Gasteiger partial charge in [0.2, 0.25) is 5.82 Å². The molecule has 16 heavy (non-hydrogen) atoms. The molecule has 0 aliphatic carbocycles. The number of aryl methyl sites for hydroxylation is 1. The van der Waals surface area contributed by atoms with Crippen molar-refractivity contribution >= 4 is 31.1 Å². The highest BCUT2D eigenvalue weighted by Gasteiger charge is 2.08. The van der Waals surface area contributed by atoms with Crippen LogP contribution in [-0.4, -0.2) is 31.0 Å². The van der Waals surface area contributed by atoms with Crippen molar-refractivity contribution in [2.24, 2.45) is 7.05 Å². The van der Waals surface area contributed by atoms with Crippen LogP contribution in [0.3, 0.4) is 0 Å². The van der Waals surface area contributed by atoms with Gasteiger partial charge in [-0.2, -0.15) is 0 Å². The fourth-order valence-electron chi connectivity index (χ4n) is 1.02. The first-order valence-corrected chi connectivity index (χ1v) is 3.94. The Morgan fingerprint density at radius 1 is 1.31 bits per heavy atom. The molecule has 2 aromatic heterocycles. The summed E-state index contributed by atoms with van der Waals surface area (Å²) in [7, 11) is 1.65. The molecule has 86 valence electrons. The molecule has 0 aromatic carbocycles. The van der Waals surface area contributed by atoms with Gasteiger partial charge in [0.15, 0.2) is 12.1 Å². The molecule has 8 heteroatoms. The van der Waals surface area contributed by atoms with Crippen LogP contribution in [-0.2, 0) is 7.05 Å². The number of aromatic nitrogens is 5. The number of halogens is 2. The maximum atomic E-state index is 10.5. The van der Waals surface area contributed by atoms with Crippen molar-refractivity contribution in [3.05, 3.63) is 24.4 Å². The summed E-state index contributed by atoms with van der Waals surface area (Å²) in [6.45, 7) is 0. The number of aldehydes is 1. The fraction of sp³-hybridized carbons (Fsp3) is 0.125. The Kier molecular flexibility index (Phi) is 5.55. The van der Waals surface area contributed by atoms with E-state index in [1.54, 1.807) is 25.6 Å². The largest absolute Gasteiger partial charge is 0.294 e. The van der Waals surface area contributed by atoms with Crippen molar-refractivity contribution in [2.45, 2.75) is 0 Å². The van der Waals surface area contributed by atoms with E-state index in [0.717, 1.165) is 0 Å². The minimum atomic E-state index is 0. The maximum absolute atomic E-state index is 10.5. The second-order valence-electron chi connectivity index (χ2n) is 2.63. The Morgan fingerprint density at radius 3 is 2.56 bits per heavy atom. The minimum Gasteiger partial charge on any atom is -0.294 e. The van der Waals surface area contributed by atoms with E-state index in [1.165, 1.54) is 4.68 Å². The van der Waals surface area contributed by atoms with Gasteiger partial charge >= 0.3 is 0 Å².